The van der Waals surface area contributed by atoms with Gasteiger partial charge in [0.15, 0.2) is 11.5 Å². The van der Waals surface area contributed by atoms with Gasteiger partial charge in [0.1, 0.15) is 11.9 Å². The van der Waals surface area contributed by atoms with Crippen LogP contribution in [-0.4, -0.2) is 68.0 Å². The van der Waals surface area contributed by atoms with Gasteiger partial charge >= 0.3 is 0 Å². The second-order valence-corrected chi connectivity index (χ2v) is 7.37. The Morgan fingerprint density at radius 3 is 2.82 bits per heavy atom. The van der Waals surface area contributed by atoms with E-state index >= 15 is 0 Å². The highest BCUT2D eigenvalue weighted by molar-refractivity contribution is 5.60. The van der Waals surface area contributed by atoms with Gasteiger partial charge in [-0.15, -0.1) is 0 Å². The van der Waals surface area contributed by atoms with Crippen LogP contribution < -0.4 is 20.1 Å². The van der Waals surface area contributed by atoms with E-state index in [1.54, 1.807) is 7.11 Å². The number of ether oxygens (including phenoxy) is 3. The van der Waals surface area contributed by atoms with Crippen molar-refractivity contribution >= 4 is 17.5 Å². The number of likely N-dealkylation sites (tertiary alicyclic amines) is 1. The zero-order valence-corrected chi connectivity index (χ0v) is 16.7. The molecule has 2 fully saturated rings. The number of likely N-dealkylation sites (N-methyl/N-ethyl adjacent to an activating group) is 1. The Morgan fingerprint density at radius 2 is 2.04 bits per heavy atom. The van der Waals surface area contributed by atoms with Crippen molar-refractivity contribution in [2.75, 3.05) is 51.5 Å². The van der Waals surface area contributed by atoms with Crippen LogP contribution in [0.4, 0.5) is 17.5 Å². The van der Waals surface area contributed by atoms with Crippen LogP contribution in [0.15, 0.2) is 24.3 Å². The summed E-state index contributed by atoms with van der Waals surface area (Å²) in [6, 6.07) is 7.63. The lowest BCUT2D eigenvalue weighted by atomic mass is 10.0. The Hall–Kier alpha value is -2.58. The summed E-state index contributed by atoms with van der Waals surface area (Å²) in [7, 11) is 5.60. The number of aromatic nitrogens is 2. The van der Waals surface area contributed by atoms with Gasteiger partial charge < -0.3 is 29.7 Å². The van der Waals surface area contributed by atoms with Crippen molar-refractivity contribution in [3.05, 3.63) is 30.0 Å². The topological polar surface area (TPSA) is 80.8 Å². The molecule has 0 aliphatic carbocycles. The largest absolute Gasteiger partial charge is 0.493 e. The molecule has 8 nitrogen and oxygen atoms in total. The maximum atomic E-state index is 6.34. The summed E-state index contributed by atoms with van der Waals surface area (Å²) >= 11 is 0. The van der Waals surface area contributed by atoms with E-state index in [1.165, 1.54) is 0 Å². The van der Waals surface area contributed by atoms with Gasteiger partial charge in [-0.25, -0.2) is 4.98 Å². The van der Waals surface area contributed by atoms with Gasteiger partial charge in [0.25, 0.3) is 0 Å². The maximum Gasteiger partial charge on any atom is 0.229 e. The Balaban J connectivity index is 1.54. The Labute approximate surface area is 165 Å². The fourth-order valence-electron chi connectivity index (χ4n) is 3.88. The first kappa shape index (κ1) is 18.8. The van der Waals surface area contributed by atoms with Crippen LogP contribution in [0.25, 0.3) is 0 Å². The van der Waals surface area contributed by atoms with Crippen LogP contribution in [0, 0.1) is 12.8 Å². The highest BCUT2D eigenvalue weighted by atomic mass is 16.6. The summed E-state index contributed by atoms with van der Waals surface area (Å²) in [5.74, 6) is 3.06. The Bertz CT molecular complexity index is 847. The van der Waals surface area contributed by atoms with Crippen molar-refractivity contribution in [2.24, 2.45) is 5.92 Å². The first-order valence-electron chi connectivity index (χ1n) is 9.51. The number of aryl methyl sites for hydroxylation is 1. The van der Waals surface area contributed by atoms with Crippen LogP contribution in [-0.2, 0) is 4.74 Å². The number of methoxy groups -OCH3 is 1. The van der Waals surface area contributed by atoms with Crippen LogP contribution in [0.5, 0.6) is 11.5 Å². The minimum atomic E-state index is 0.0187. The molecule has 2 saturated heterocycles. The van der Waals surface area contributed by atoms with Crippen LogP contribution >= 0.6 is 0 Å². The Morgan fingerprint density at radius 1 is 1.18 bits per heavy atom. The minimum absolute atomic E-state index is 0.0187. The van der Waals surface area contributed by atoms with Gasteiger partial charge in [-0.1, -0.05) is 0 Å². The average molecular weight is 385 g/mol. The number of benzene rings is 1. The fraction of sp³-hybridized carbons (Fsp3) is 0.500. The predicted molar refractivity (Wildman–Crippen MR) is 108 cm³/mol. The smallest absolute Gasteiger partial charge is 0.229 e. The molecule has 0 unspecified atom stereocenters. The summed E-state index contributed by atoms with van der Waals surface area (Å²) < 4.78 is 17.8. The molecule has 0 spiro atoms. The van der Waals surface area contributed by atoms with Crippen molar-refractivity contribution in [1.82, 2.24) is 14.9 Å². The normalized spacial score (nSPS) is 24.1. The molecule has 0 radical (unpaired) electrons. The number of rotatable bonds is 6. The van der Waals surface area contributed by atoms with Gasteiger partial charge in [-0.05, 0) is 26.1 Å². The number of hydrogen-bond acceptors (Lipinski definition) is 8. The van der Waals surface area contributed by atoms with Crippen LogP contribution in [0.2, 0.25) is 0 Å². The maximum absolute atomic E-state index is 6.34. The molecule has 0 saturated carbocycles. The zero-order chi connectivity index (χ0) is 19.7. The third-order valence-electron chi connectivity index (χ3n) is 5.25. The highest BCUT2D eigenvalue weighted by Gasteiger charge is 2.44. The summed E-state index contributed by atoms with van der Waals surface area (Å²) in [4.78, 5) is 11.2. The second kappa shape index (κ2) is 7.81. The van der Waals surface area contributed by atoms with Gasteiger partial charge in [0, 0.05) is 49.6 Å². The van der Waals surface area contributed by atoms with Crippen molar-refractivity contribution < 1.29 is 14.2 Å². The Kier molecular flexibility index (Phi) is 5.23. The van der Waals surface area contributed by atoms with Crippen molar-refractivity contribution in [3.8, 4) is 11.5 Å². The molecule has 150 valence electrons. The van der Waals surface area contributed by atoms with Gasteiger partial charge in [0.05, 0.1) is 19.8 Å². The van der Waals surface area contributed by atoms with Gasteiger partial charge in [-0.3, -0.25) is 0 Å². The third kappa shape index (κ3) is 3.83. The molecular formula is C20H27N5O3. The minimum Gasteiger partial charge on any atom is -0.493 e. The summed E-state index contributed by atoms with van der Waals surface area (Å²) in [6.07, 6.45) is 0.271. The first-order chi connectivity index (χ1) is 13.6. The molecule has 0 amide bonds. The fourth-order valence-corrected chi connectivity index (χ4v) is 3.88. The molecule has 28 heavy (non-hydrogen) atoms. The molecule has 0 bridgehead atoms. The molecule has 4 rings (SSSR count). The third-order valence-corrected chi connectivity index (χ3v) is 5.25. The van der Waals surface area contributed by atoms with E-state index in [1.807, 2.05) is 38.2 Å². The van der Waals surface area contributed by atoms with E-state index in [2.05, 4.69) is 32.5 Å². The highest BCUT2D eigenvalue weighted by Crippen LogP contribution is 2.36. The van der Waals surface area contributed by atoms with E-state index < -0.39 is 0 Å². The lowest BCUT2D eigenvalue weighted by Gasteiger charge is -2.21. The molecule has 2 aliphatic rings. The predicted octanol–water partition coefficient (Wildman–Crippen LogP) is 2.29. The standard InChI is InChI=1S/C20H27N5O3/c1-12-7-19(21-2)24-20(22-12)23-13-5-6-15(26-4)16(8-13)28-18-11-27-17-10-25(3)9-14(17)18/h5-8,14,17-18H,9-11H2,1-4H3,(H2,21,22,23,24)/t14-,17+,18+/m0/s1. The number of hydrogen-bond donors (Lipinski definition) is 2. The molecule has 8 heteroatoms. The number of nitrogens with one attached hydrogen (secondary N) is 2. The SMILES string of the molecule is CNc1cc(C)nc(Nc2ccc(OC)c(O[C@@H]3CO[C@@H]4CN(C)C[C@@H]43)c2)n1. The quantitative estimate of drug-likeness (QED) is 0.784. The summed E-state index contributed by atoms with van der Waals surface area (Å²) in [6.45, 7) is 4.49. The van der Waals surface area contributed by atoms with Crippen LogP contribution in [0.1, 0.15) is 5.69 Å². The van der Waals surface area contributed by atoms with Crippen molar-refractivity contribution in [3.63, 3.8) is 0 Å². The van der Waals surface area contributed by atoms with Gasteiger partial charge in [-0.2, -0.15) is 4.98 Å². The summed E-state index contributed by atoms with van der Waals surface area (Å²) in [5, 5.41) is 6.30. The van der Waals surface area contributed by atoms with Crippen molar-refractivity contribution in [1.29, 1.82) is 0 Å². The van der Waals surface area contributed by atoms with E-state index in [0.717, 1.165) is 30.3 Å². The zero-order valence-electron chi connectivity index (χ0n) is 16.7. The van der Waals surface area contributed by atoms with Gasteiger partial charge in [0.2, 0.25) is 5.95 Å². The van der Waals surface area contributed by atoms with Crippen LogP contribution in [0.3, 0.4) is 0 Å². The first-order valence-corrected chi connectivity index (χ1v) is 9.51. The molecule has 3 heterocycles. The molecule has 2 aromatic rings. The summed E-state index contributed by atoms with van der Waals surface area (Å²) in [5.41, 5.74) is 1.72. The van der Waals surface area contributed by atoms with E-state index in [-0.39, 0.29) is 12.2 Å². The average Bonchev–Trinajstić information content (AvgIpc) is 3.21. The van der Waals surface area contributed by atoms with E-state index in [4.69, 9.17) is 14.2 Å². The van der Waals surface area contributed by atoms with Crippen molar-refractivity contribution in [2.45, 2.75) is 19.1 Å². The van der Waals surface area contributed by atoms with E-state index in [0.29, 0.717) is 30.0 Å². The molecular weight excluding hydrogens is 358 g/mol. The molecule has 1 aromatic carbocycles. The monoisotopic (exact) mass is 385 g/mol. The lowest BCUT2D eigenvalue weighted by Crippen LogP contribution is -2.29. The second-order valence-electron chi connectivity index (χ2n) is 7.37. The molecule has 3 atom stereocenters. The number of anilines is 3. The molecule has 2 aliphatic heterocycles. The molecule has 1 aromatic heterocycles. The lowest BCUT2D eigenvalue weighted by molar-refractivity contribution is 0.0841. The molecule has 2 N–H and O–H groups in total. The van der Waals surface area contributed by atoms with E-state index in [9.17, 15) is 0 Å². The number of fused-ring (bicyclic) bond motifs is 1. The number of nitrogens with zero attached hydrogens (tertiary/aromatic N) is 3.